The molecule has 0 radical (unpaired) electrons. The molecule has 3 nitrogen and oxygen atoms in total. The quantitative estimate of drug-likeness (QED) is 0.800. The van der Waals surface area contributed by atoms with Gasteiger partial charge >= 0.3 is 0 Å². The minimum atomic E-state index is -0.000880. The summed E-state index contributed by atoms with van der Waals surface area (Å²) in [5, 5.41) is 0. The van der Waals surface area contributed by atoms with Gasteiger partial charge in [0.15, 0.2) is 5.78 Å². The van der Waals surface area contributed by atoms with E-state index < -0.39 is 0 Å². The topological polar surface area (TPSA) is 35.5 Å². The number of ketones is 1. The maximum atomic E-state index is 12.5. The van der Waals surface area contributed by atoms with E-state index in [0.717, 1.165) is 15.3 Å². The summed E-state index contributed by atoms with van der Waals surface area (Å²) in [4.78, 5) is 14.7. The van der Waals surface area contributed by atoms with Gasteiger partial charge in [-0.3, -0.25) is 4.79 Å². The standard InChI is InChI=1S/C15H16O3S/c1-9-5-14(10(2)19-9)15(16)11-6-12(17-3)8-13(7-11)18-4/h5-8H,1-4H3. The maximum absolute atomic E-state index is 12.5. The molecule has 0 aliphatic heterocycles. The van der Waals surface area contributed by atoms with E-state index in [2.05, 4.69) is 0 Å². The number of thiophene rings is 1. The van der Waals surface area contributed by atoms with Crippen LogP contribution in [0.4, 0.5) is 0 Å². The van der Waals surface area contributed by atoms with Gasteiger partial charge in [-0.15, -0.1) is 11.3 Å². The van der Waals surface area contributed by atoms with E-state index in [1.807, 2.05) is 19.9 Å². The molecule has 0 atom stereocenters. The second kappa shape index (κ2) is 5.45. The first-order valence-electron chi connectivity index (χ1n) is 5.90. The number of benzene rings is 1. The summed E-state index contributed by atoms with van der Waals surface area (Å²) in [5.41, 5.74) is 1.33. The van der Waals surface area contributed by atoms with E-state index in [-0.39, 0.29) is 5.78 Å². The minimum absolute atomic E-state index is 0.000880. The summed E-state index contributed by atoms with van der Waals surface area (Å²) < 4.78 is 10.4. The molecular weight excluding hydrogens is 260 g/mol. The van der Waals surface area contributed by atoms with Gasteiger partial charge in [0.2, 0.25) is 0 Å². The highest BCUT2D eigenvalue weighted by Gasteiger charge is 2.16. The maximum Gasteiger partial charge on any atom is 0.194 e. The van der Waals surface area contributed by atoms with Crippen molar-refractivity contribution in [2.45, 2.75) is 13.8 Å². The van der Waals surface area contributed by atoms with Crippen molar-refractivity contribution in [2.24, 2.45) is 0 Å². The van der Waals surface area contributed by atoms with Crippen molar-refractivity contribution in [3.8, 4) is 11.5 Å². The number of ether oxygens (including phenoxy) is 2. The van der Waals surface area contributed by atoms with Crippen molar-refractivity contribution in [1.82, 2.24) is 0 Å². The van der Waals surface area contributed by atoms with Crippen LogP contribution in [0.1, 0.15) is 25.7 Å². The highest BCUT2D eigenvalue weighted by atomic mass is 32.1. The van der Waals surface area contributed by atoms with Gasteiger partial charge in [0.25, 0.3) is 0 Å². The third-order valence-corrected chi connectivity index (χ3v) is 3.87. The third-order valence-electron chi connectivity index (χ3n) is 2.90. The zero-order valence-corrected chi connectivity index (χ0v) is 12.3. The van der Waals surface area contributed by atoms with Gasteiger partial charge < -0.3 is 9.47 Å². The summed E-state index contributed by atoms with van der Waals surface area (Å²) in [5.74, 6) is 1.23. The first-order chi connectivity index (χ1) is 9.05. The number of carbonyl (C=O) groups is 1. The van der Waals surface area contributed by atoms with Gasteiger partial charge in [-0.25, -0.2) is 0 Å². The van der Waals surface area contributed by atoms with Crippen molar-refractivity contribution in [3.63, 3.8) is 0 Å². The predicted molar refractivity (Wildman–Crippen MR) is 76.8 cm³/mol. The van der Waals surface area contributed by atoms with Gasteiger partial charge in [-0.1, -0.05) is 0 Å². The van der Waals surface area contributed by atoms with Gasteiger partial charge in [-0.05, 0) is 32.0 Å². The summed E-state index contributed by atoms with van der Waals surface area (Å²) in [6, 6.07) is 7.14. The van der Waals surface area contributed by atoms with Crippen LogP contribution in [0.5, 0.6) is 11.5 Å². The monoisotopic (exact) mass is 276 g/mol. The molecule has 100 valence electrons. The Morgan fingerprint density at radius 1 is 1.00 bits per heavy atom. The highest BCUT2D eigenvalue weighted by molar-refractivity contribution is 7.12. The molecule has 0 aliphatic carbocycles. The fourth-order valence-electron chi connectivity index (χ4n) is 1.95. The molecule has 0 bridgehead atoms. The predicted octanol–water partition coefficient (Wildman–Crippen LogP) is 3.61. The number of aryl methyl sites for hydroxylation is 2. The Morgan fingerprint density at radius 2 is 1.58 bits per heavy atom. The molecule has 0 saturated heterocycles. The van der Waals surface area contributed by atoms with E-state index in [1.165, 1.54) is 0 Å². The van der Waals surface area contributed by atoms with Crippen LogP contribution in [0.2, 0.25) is 0 Å². The molecule has 1 aromatic carbocycles. The van der Waals surface area contributed by atoms with E-state index in [9.17, 15) is 4.79 Å². The van der Waals surface area contributed by atoms with E-state index in [4.69, 9.17) is 9.47 Å². The second-order valence-electron chi connectivity index (χ2n) is 4.26. The highest BCUT2D eigenvalue weighted by Crippen LogP contribution is 2.27. The first-order valence-corrected chi connectivity index (χ1v) is 6.71. The Morgan fingerprint density at radius 3 is 2.00 bits per heavy atom. The van der Waals surface area contributed by atoms with Gasteiger partial charge in [0, 0.05) is 26.9 Å². The Labute approximate surface area is 116 Å². The van der Waals surface area contributed by atoms with E-state index in [0.29, 0.717) is 17.1 Å². The van der Waals surface area contributed by atoms with Crippen LogP contribution in [-0.4, -0.2) is 20.0 Å². The van der Waals surface area contributed by atoms with Crippen LogP contribution in [0.25, 0.3) is 0 Å². The first kappa shape index (κ1) is 13.6. The molecule has 0 aliphatic rings. The van der Waals surface area contributed by atoms with Crippen molar-refractivity contribution in [1.29, 1.82) is 0 Å². The van der Waals surface area contributed by atoms with Gasteiger partial charge in [0.05, 0.1) is 14.2 Å². The molecular formula is C15H16O3S. The fraction of sp³-hybridized carbons (Fsp3) is 0.267. The molecule has 4 heteroatoms. The molecule has 2 aromatic rings. The second-order valence-corrected chi connectivity index (χ2v) is 5.72. The smallest absolute Gasteiger partial charge is 0.194 e. The Bertz CT molecular complexity index is 592. The lowest BCUT2D eigenvalue weighted by molar-refractivity contribution is 0.103. The van der Waals surface area contributed by atoms with Gasteiger partial charge in [0.1, 0.15) is 11.5 Å². The van der Waals surface area contributed by atoms with E-state index >= 15 is 0 Å². The molecule has 19 heavy (non-hydrogen) atoms. The zero-order chi connectivity index (χ0) is 14.0. The molecule has 0 unspecified atom stereocenters. The van der Waals surface area contributed by atoms with Crippen molar-refractivity contribution in [3.05, 3.63) is 45.1 Å². The van der Waals surface area contributed by atoms with Gasteiger partial charge in [-0.2, -0.15) is 0 Å². The molecule has 1 aromatic heterocycles. The number of carbonyl (C=O) groups excluding carboxylic acids is 1. The van der Waals surface area contributed by atoms with Crippen molar-refractivity contribution in [2.75, 3.05) is 14.2 Å². The fourth-order valence-corrected chi connectivity index (χ4v) is 2.87. The summed E-state index contributed by atoms with van der Waals surface area (Å²) >= 11 is 1.63. The molecule has 2 rings (SSSR count). The minimum Gasteiger partial charge on any atom is -0.497 e. The van der Waals surface area contributed by atoms with E-state index in [1.54, 1.807) is 43.8 Å². The summed E-state index contributed by atoms with van der Waals surface area (Å²) in [6.07, 6.45) is 0. The van der Waals surface area contributed by atoms with Crippen LogP contribution < -0.4 is 9.47 Å². The number of methoxy groups -OCH3 is 2. The lowest BCUT2D eigenvalue weighted by atomic mass is 10.0. The van der Waals surface area contributed by atoms with Crippen molar-refractivity contribution < 1.29 is 14.3 Å². The molecule has 1 heterocycles. The molecule has 0 fully saturated rings. The molecule has 0 saturated carbocycles. The van der Waals surface area contributed by atoms with Crippen LogP contribution in [-0.2, 0) is 0 Å². The lowest BCUT2D eigenvalue weighted by Gasteiger charge is -2.07. The number of hydrogen-bond acceptors (Lipinski definition) is 4. The number of hydrogen-bond donors (Lipinski definition) is 0. The van der Waals surface area contributed by atoms with Crippen LogP contribution in [0.3, 0.4) is 0 Å². The Kier molecular flexibility index (Phi) is 3.90. The normalized spacial score (nSPS) is 10.3. The molecule has 0 N–H and O–H groups in total. The SMILES string of the molecule is COc1cc(OC)cc(C(=O)c2cc(C)sc2C)c1. The van der Waals surface area contributed by atoms with Crippen molar-refractivity contribution >= 4 is 17.1 Å². The Hall–Kier alpha value is -1.81. The molecule has 0 spiro atoms. The van der Waals surface area contributed by atoms with Crippen LogP contribution in [0.15, 0.2) is 24.3 Å². The largest absolute Gasteiger partial charge is 0.497 e. The van der Waals surface area contributed by atoms with Crippen LogP contribution >= 0.6 is 11.3 Å². The zero-order valence-electron chi connectivity index (χ0n) is 11.4. The lowest BCUT2D eigenvalue weighted by Crippen LogP contribution is -2.02. The average molecular weight is 276 g/mol. The van der Waals surface area contributed by atoms with Crippen LogP contribution in [0, 0.1) is 13.8 Å². The average Bonchev–Trinajstić information content (AvgIpc) is 2.76. The third kappa shape index (κ3) is 2.79. The molecule has 0 amide bonds. The Balaban J connectivity index is 2.46. The summed E-state index contributed by atoms with van der Waals surface area (Å²) in [7, 11) is 3.14. The summed E-state index contributed by atoms with van der Waals surface area (Å²) in [6.45, 7) is 3.96. The number of rotatable bonds is 4.